The number of amides is 1. The highest BCUT2D eigenvalue weighted by molar-refractivity contribution is 7.98. The van der Waals surface area contributed by atoms with E-state index in [2.05, 4.69) is 12.1 Å². The van der Waals surface area contributed by atoms with Crippen LogP contribution in [-0.4, -0.2) is 22.0 Å². The van der Waals surface area contributed by atoms with Crippen molar-refractivity contribution in [1.82, 2.24) is 4.31 Å². The predicted molar refractivity (Wildman–Crippen MR) is 63.7 cm³/mol. The van der Waals surface area contributed by atoms with Crippen LogP contribution in [0.2, 0.25) is 0 Å². The summed E-state index contributed by atoms with van der Waals surface area (Å²) in [5, 5.41) is 0. The van der Waals surface area contributed by atoms with E-state index in [-0.39, 0.29) is 17.8 Å². The van der Waals surface area contributed by atoms with Crippen LogP contribution in [0, 0.1) is 5.92 Å². The quantitative estimate of drug-likeness (QED) is 0.461. The Morgan fingerprint density at radius 3 is 2.73 bits per heavy atom. The molecule has 0 saturated carbocycles. The van der Waals surface area contributed by atoms with Gasteiger partial charge in [-0.2, -0.15) is 0 Å². The van der Waals surface area contributed by atoms with Gasteiger partial charge in [-0.25, -0.2) is 0 Å². The summed E-state index contributed by atoms with van der Waals surface area (Å²) in [5.41, 5.74) is 1.22. The van der Waals surface area contributed by atoms with Crippen LogP contribution in [-0.2, 0) is 11.2 Å². The molecule has 0 aromatic heterocycles. The van der Waals surface area contributed by atoms with Crippen molar-refractivity contribution in [3.05, 3.63) is 35.9 Å². The van der Waals surface area contributed by atoms with E-state index in [9.17, 15) is 4.79 Å². The summed E-state index contributed by atoms with van der Waals surface area (Å²) in [7, 11) is 0. The largest absolute Gasteiger partial charge is 0.274 e. The maximum Gasteiger partial charge on any atom is 0.237 e. The fraction of sp³-hybridized carbons (Fsp3) is 0.364. The predicted octanol–water partition coefficient (Wildman–Crippen LogP) is 2.53. The van der Waals surface area contributed by atoms with E-state index in [4.69, 9.17) is 11.6 Å². The van der Waals surface area contributed by atoms with Crippen LogP contribution in [0.3, 0.4) is 0 Å². The van der Waals surface area contributed by atoms with Crippen molar-refractivity contribution in [2.24, 2.45) is 5.92 Å². The van der Waals surface area contributed by atoms with Crippen molar-refractivity contribution in [1.29, 1.82) is 0 Å². The van der Waals surface area contributed by atoms with Gasteiger partial charge in [0.25, 0.3) is 0 Å². The monoisotopic (exact) mass is 241 g/mol. The third-order valence-electron chi connectivity index (χ3n) is 2.46. The van der Waals surface area contributed by atoms with Crippen LogP contribution >= 0.6 is 23.5 Å². The lowest BCUT2D eigenvalue weighted by molar-refractivity contribution is -0.127. The molecule has 1 saturated heterocycles. The van der Waals surface area contributed by atoms with E-state index in [1.165, 1.54) is 17.5 Å². The normalized spacial score (nSPS) is 21.0. The summed E-state index contributed by atoms with van der Waals surface area (Å²) < 4.78 is 1.63. The first kappa shape index (κ1) is 10.8. The summed E-state index contributed by atoms with van der Waals surface area (Å²) in [4.78, 5) is 11.8. The topological polar surface area (TPSA) is 20.3 Å². The molecule has 2 nitrogen and oxygen atoms in total. The lowest BCUT2D eigenvalue weighted by Gasteiger charge is -2.10. The van der Waals surface area contributed by atoms with Crippen LogP contribution in [0.4, 0.5) is 0 Å². The Labute approximate surface area is 98.7 Å². The molecule has 4 heteroatoms. The average Bonchev–Trinajstić information content (AvgIpc) is 2.62. The van der Waals surface area contributed by atoms with E-state index in [0.29, 0.717) is 0 Å². The number of carbonyl (C=O) groups is 1. The smallest absolute Gasteiger partial charge is 0.237 e. The Balaban J connectivity index is 2.00. The van der Waals surface area contributed by atoms with Gasteiger partial charge in [0.2, 0.25) is 5.91 Å². The number of carbonyl (C=O) groups excluding carboxylic acids is 1. The molecule has 1 aliphatic rings. The zero-order valence-corrected chi connectivity index (χ0v) is 9.80. The van der Waals surface area contributed by atoms with E-state index >= 15 is 0 Å². The van der Waals surface area contributed by atoms with Crippen molar-refractivity contribution >= 4 is 29.5 Å². The molecule has 0 spiro atoms. The number of alkyl halides is 1. The first-order valence-corrected chi connectivity index (χ1v) is 6.33. The molecule has 1 fully saturated rings. The van der Waals surface area contributed by atoms with E-state index in [1.807, 2.05) is 18.2 Å². The lowest BCUT2D eigenvalue weighted by atomic mass is 10.0. The number of rotatable bonds is 3. The standard InChI is InChI=1S/C11H12ClNOS/c12-8-13-11(14)10(7-15-13)6-9-4-2-1-3-5-9/h1-5,10H,6-8H2. The van der Waals surface area contributed by atoms with Crippen LogP contribution in [0.5, 0.6) is 0 Å². The van der Waals surface area contributed by atoms with Gasteiger partial charge in [-0.1, -0.05) is 30.3 Å². The van der Waals surface area contributed by atoms with Gasteiger partial charge in [0, 0.05) is 5.75 Å². The minimum Gasteiger partial charge on any atom is -0.274 e. The van der Waals surface area contributed by atoms with Crippen LogP contribution < -0.4 is 0 Å². The zero-order chi connectivity index (χ0) is 10.7. The first-order chi connectivity index (χ1) is 7.31. The highest BCUT2D eigenvalue weighted by Crippen LogP contribution is 2.29. The molecular formula is C11H12ClNOS. The second-order valence-electron chi connectivity index (χ2n) is 3.52. The number of halogens is 1. The highest BCUT2D eigenvalue weighted by atomic mass is 35.5. The Morgan fingerprint density at radius 1 is 1.40 bits per heavy atom. The lowest BCUT2D eigenvalue weighted by Crippen LogP contribution is -2.23. The minimum atomic E-state index is 0.0937. The second-order valence-corrected chi connectivity index (χ2v) is 4.79. The third kappa shape index (κ3) is 2.47. The van der Waals surface area contributed by atoms with Crippen molar-refractivity contribution in [2.45, 2.75) is 6.42 Å². The molecule has 1 amide bonds. The van der Waals surface area contributed by atoms with Crippen molar-refractivity contribution in [3.63, 3.8) is 0 Å². The molecule has 1 aromatic carbocycles. The molecule has 1 atom stereocenters. The fourth-order valence-electron chi connectivity index (χ4n) is 1.66. The van der Waals surface area contributed by atoms with E-state index in [0.717, 1.165) is 12.2 Å². The molecule has 0 bridgehead atoms. The summed E-state index contributed by atoms with van der Waals surface area (Å²) in [6, 6.07) is 10.4. The molecule has 0 aliphatic carbocycles. The van der Waals surface area contributed by atoms with Crippen LogP contribution in [0.25, 0.3) is 0 Å². The molecular weight excluding hydrogens is 230 g/mol. The van der Waals surface area contributed by atoms with Gasteiger partial charge in [0.05, 0.1) is 5.92 Å². The maximum atomic E-state index is 11.8. The van der Waals surface area contributed by atoms with Crippen LogP contribution in [0.15, 0.2) is 30.3 Å². The van der Waals surface area contributed by atoms with Gasteiger partial charge in [-0.05, 0) is 23.9 Å². The van der Waals surface area contributed by atoms with Gasteiger partial charge in [-0.3, -0.25) is 9.10 Å². The van der Waals surface area contributed by atoms with E-state index < -0.39 is 0 Å². The maximum absolute atomic E-state index is 11.8. The molecule has 2 rings (SSSR count). The highest BCUT2D eigenvalue weighted by Gasteiger charge is 2.31. The summed E-state index contributed by atoms with van der Waals surface area (Å²) in [6.45, 7) is 0. The fourth-order valence-corrected chi connectivity index (χ4v) is 2.95. The molecule has 1 aromatic rings. The van der Waals surface area contributed by atoms with Gasteiger partial charge in [0.15, 0.2) is 0 Å². The molecule has 1 unspecified atom stereocenters. The number of nitrogens with zero attached hydrogens (tertiary/aromatic N) is 1. The molecule has 80 valence electrons. The van der Waals surface area contributed by atoms with Crippen molar-refractivity contribution in [3.8, 4) is 0 Å². The Morgan fingerprint density at radius 2 is 2.13 bits per heavy atom. The second kappa shape index (κ2) is 4.90. The third-order valence-corrected chi connectivity index (χ3v) is 4.01. The first-order valence-electron chi connectivity index (χ1n) is 4.85. The van der Waals surface area contributed by atoms with Crippen molar-refractivity contribution in [2.75, 3.05) is 11.8 Å². The van der Waals surface area contributed by atoms with Gasteiger partial charge in [0.1, 0.15) is 6.00 Å². The Hall–Kier alpha value is -0.670. The van der Waals surface area contributed by atoms with Crippen molar-refractivity contribution < 1.29 is 4.79 Å². The van der Waals surface area contributed by atoms with Gasteiger partial charge < -0.3 is 0 Å². The molecule has 1 aliphatic heterocycles. The molecule has 0 radical (unpaired) electrons. The Bertz CT molecular complexity index is 344. The van der Waals surface area contributed by atoms with E-state index in [1.54, 1.807) is 4.31 Å². The van der Waals surface area contributed by atoms with Gasteiger partial charge >= 0.3 is 0 Å². The zero-order valence-electron chi connectivity index (χ0n) is 8.23. The summed E-state index contributed by atoms with van der Waals surface area (Å²) in [6.07, 6.45) is 0.820. The molecule has 15 heavy (non-hydrogen) atoms. The number of benzene rings is 1. The molecule has 1 heterocycles. The number of hydrogen-bond donors (Lipinski definition) is 0. The average molecular weight is 242 g/mol. The molecule has 0 N–H and O–H groups in total. The summed E-state index contributed by atoms with van der Waals surface area (Å²) in [5.74, 6) is 1.11. The van der Waals surface area contributed by atoms with Crippen LogP contribution in [0.1, 0.15) is 5.56 Å². The minimum absolute atomic E-state index is 0.0937. The number of hydrogen-bond acceptors (Lipinski definition) is 2. The SMILES string of the molecule is O=C1C(Cc2ccccc2)CSN1CCl. The van der Waals surface area contributed by atoms with Gasteiger partial charge in [-0.15, -0.1) is 11.6 Å². The summed E-state index contributed by atoms with van der Waals surface area (Å²) >= 11 is 7.18. The Kier molecular flexibility index (Phi) is 3.54.